The van der Waals surface area contributed by atoms with Crippen LogP contribution < -0.4 is 10.6 Å². The van der Waals surface area contributed by atoms with E-state index >= 15 is 0 Å². The van der Waals surface area contributed by atoms with Crippen molar-refractivity contribution in [1.29, 1.82) is 0 Å². The van der Waals surface area contributed by atoms with Crippen LogP contribution >= 0.6 is 12.4 Å². The Balaban J connectivity index is 0.00000121. The molecule has 0 atom stereocenters. The number of hydrogen-bond acceptors (Lipinski definition) is 4. The Bertz CT molecular complexity index is 224. The Morgan fingerprint density at radius 2 is 2.50 bits per heavy atom. The van der Waals surface area contributed by atoms with Gasteiger partial charge in [-0.1, -0.05) is 0 Å². The third-order valence-corrected chi connectivity index (χ3v) is 1.01. The standard InChI is InChI=1S/C5H9N5O.ClH/c1-6-2-4(11)9-5-7-3-8-10-5;/h3,6H,2H2,1H3,(H2,7,8,9,10,11);1H. The van der Waals surface area contributed by atoms with Crippen LogP contribution in [0.4, 0.5) is 5.95 Å². The maximum absolute atomic E-state index is 10.8. The Morgan fingerprint density at radius 1 is 1.75 bits per heavy atom. The van der Waals surface area contributed by atoms with E-state index in [4.69, 9.17) is 0 Å². The predicted molar refractivity (Wildman–Crippen MR) is 46.2 cm³/mol. The van der Waals surface area contributed by atoms with E-state index in [1.54, 1.807) is 7.05 Å². The first-order valence-corrected chi connectivity index (χ1v) is 3.12. The normalized spacial score (nSPS) is 8.75. The fourth-order valence-corrected chi connectivity index (χ4v) is 0.603. The van der Waals surface area contributed by atoms with Crippen LogP contribution in [0.15, 0.2) is 6.33 Å². The summed E-state index contributed by atoms with van der Waals surface area (Å²) in [6, 6.07) is 0. The van der Waals surface area contributed by atoms with Crippen LogP contribution in [0, 0.1) is 0 Å². The van der Waals surface area contributed by atoms with E-state index in [0.29, 0.717) is 5.95 Å². The molecule has 0 aliphatic heterocycles. The molecule has 0 aliphatic carbocycles. The van der Waals surface area contributed by atoms with Crippen LogP contribution in [0.2, 0.25) is 0 Å². The average molecular weight is 192 g/mol. The van der Waals surface area contributed by atoms with Crippen LogP contribution in [-0.2, 0) is 4.79 Å². The molecule has 0 aliphatic rings. The molecule has 0 unspecified atom stereocenters. The molecule has 0 bridgehead atoms. The second kappa shape index (κ2) is 5.50. The highest BCUT2D eigenvalue weighted by molar-refractivity contribution is 5.90. The number of carbonyl (C=O) groups is 1. The van der Waals surface area contributed by atoms with Gasteiger partial charge in [-0.3, -0.25) is 10.1 Å². The van der Waals surface area contributed by atoms with Crippen LogP contribution in [0.3, 0.4) is 0 Å². The van der Waals surface area contributed by atoms with Gasteiger partial charge in [-0.05, 0) is 7.05 Å². The summed E-state index contributed by atoms with van der Waals surface area (Å²) >= 11 is 0. The lowest BCUT2D eigenvalue weighted by molar-refractivity contribution is -0.115. The Kier molecular flexibility index (Phi) is 4.98. The molecule has 0 saturated carbocycles. The minimum Gasteiger partial charge on any atom is -0.311 e. The van der Waals surface area contributed by atoms with Gasteiger partial charge < -0.3 is 5.32 Å². The van der Waals surface area contributed by atoms with E-state index < -0.39 is 0 Å². The van der Waals surface area contributed by atoms with Gasteiger partial charge in [-0.2, -0.15) is 10.1 Å². The number of aromatic nitrogens is 3. The number of nitrogens with zero attached hydrogens (tertiary/aromatic N) is 2. The van der Waals surface area contributed by atoms with Gasteiger partial charge in [-0.25, -0.2) is 5.10 Å². The lowest BCUT2D eigenvalue weighted by Gasteiger charge is -1.98. The Labute approximate surface area is 75.6 Å². The van der Waals surface area contributed by atoms with Crippen molar-refractivity contribution in [1.82, 2.24) is 20.5 Å². The number of nitrogens with one attached hydrogen (secondary N) is 3. The monoisotopic (exact) mass is 191 g/mol. The number of H-pyrrole nitrogens is 1. The Hall–Kier alpha value is -1.14. The van der Waals surface area contributed by atoms with E-state index in [2.05, 4.69) is 25.8 Å². The molecule has 0 aromatic carbocycles. The Morgan fingerprint density at radius 3 is 3.00 bits per heavy atom. The molecule has 0 fully saturated rings. The maximum Gasteiger partial charge on any atom is 0.240 e. The zero-order chi connectivity index (χ0) is 8.10. The van der Waals surface area contributed by atoms with E-state index in [0.717, 1.165) is 0 Å². The van der Waals surface area contributed by atoms with Crippen molar-refractivity contribution in [2.24, 2.45) is 0 Å². The van der Waals surface area contributed by atoms with Crippen molar-refractivity contribution in [3.05, 3.63) is 6.33 Å². The molecule has 3 N–H and O–H groups in total. The zero-order valence-corrected chi connectivity index (χ0v) is 7.31. The van der Waals surface area contributed by atoms with Gasteiger partial charge in [0.15, 0.2) is 0 Å². The highest BCUT2D eigenvalue weighted by Gasteiger charge is 2.00. The number of halogens is 1. The molecule has 6 nitrogen and oxygen atoms in total. The summed E-state index contributed by atoms with van der Waals surface area (Å²) in [4.78, 5) is 14.6. The van der Waals surface area contributed by atoms with Crippen LogP contribution in [-0.4, -0.2) is 34.7 Å². The zero-order valence-electron chi connectivity index (χ0n) is 6.50. The molecule has 68 valence electrons. The van der Waals surface area contributed by atoms with Gasteiger partial charge in [0.2, 0.25) is 11.9 Å². The first-order valence-electron chi connectivity index (χ1n) is 3.12. The quantitative estimate of drug-likeness (QED) is 0.595. The molecule has 7 heteroatoms. The number of aromatic amines is 1. The number of carbonyl (C=O) groups excluding carboxylic acids is 1. The highest BCUT2D eigenvalue weighted by atomic mass is 35.5. The molecule has 1 heterocycles. The van der Waals surface area contributed by atoms with Gasteiger partial charge >= 0.3 is 0 Å². The first-order chi connectivity index (χ1) is 5.33. The molecule has 1 aromatic rings. The summed E-state index contributed by atoms with van der Waals surface area (Å²) in [6.07, 6.45) is 1.33. The van der Waals surface area contributed by atoms with E-state index in [1.165, 1.54) is 6.33 Å². The molecule has 0 saturated heterocycles. The minimum absolute atomic E-state index is 0. The van der Waals surface area contributed by atoms with Gasteiger partial charge in [-0.15, -0.1) is 12.4 Å². The summed E-state index contributed by atoms with van der Waals surface area (Å²) in [6.45, 7) is 0.265. The molecule has 1 aromatic heterocycles. The second-order valence-corrected chi connectivity index (χ2v) is 1.91. The SMILES string of the molecule is CNCC(=O)Nc1ncn[nH]1.Cl. The smallest absolute Gasteiger partial charge is 0.240 e. The minimum atomic E-state index is -0.149. The van der Waals surface area contributed by atoms with Crippen LogP contribution in [0.25, 0.3) is 0 Å². The van der Waals surface area contributed by atoms with Crippen molar-refractivity contribution < 1.29 is 4.79 Å². The molecule has 0 spiro atoms. The molecule has 1 amide bonds. The molecule has 0 radical (unpaired) electrons. The fourth-order valence-electron chi connectivity index (χ4n) is 0.603. The number of likely N-dealkylation sites (N-methyl/N-ethyl adjacent to an activating group) is 1. The highest BCUT2D eigenvalue weighted by Crippen LogP contribution is 1.90. The third-order valence-electron chi connectivity index (χ3n) is 1.01. The average Bonchev–Trinajstić information content (AvgIpc) is 2.40. The van der Waals surface area contributed by atoms with E-state index in [1.807, 2.05) is 0 Å². The number of hydrogen-bond donors (Lipinski definition) is 3. The van der Waals surface area contributed by atoms with Crippen molar-refractivity contribution in [3.8, 4) is 0 Å². The largest absolute Gasteiger partial charge is 0.311 e. The van der Waals surface area contributed by atoms with Crippen molar-refractivity contribution in [2.45, 2.75) is 0 Å². The molecular weight excluding hydrogens is 182 g/mol. The third kappa shape index (κ3) is 3.31. The van der Waals surface area contributed by atoms with Crippen LogP contribution in [0.5, 0.6) is 0 Å². The lowest BCUT2D eigenvalue weighted by Crippen LogP contribution is -2.25. The van der Waals surface area contributed by atoms with Gasteiger partial charge in [0.05, 0.1) is 6.54 Å². The summed E-state index contributed by atoms with van der Waals surface area (Å²) in [5.41, 5.74) is 0. The van der Waals surface area contributed by atoms with Gasteiger partial charge in [0, 0.05) is 0 Å². The molecule has 1 rings (SSSR count). The molecular formula is C5H10ClN5O. The predicted octanol–water partition coefficient (Wildman–Crippen LogP) is -0.616. The lowest BCUT2D eigenvalue weighted by atomic mass is 10.6. The maximum atomic E-state index is 10.8. The number of anilines is 1. The van der Waals surface area contributed by atoms with Crippen molar-refractivity contribution >= 4 is 24.3 Å². The summed E-state index contributed by atoms with van der Waals surface area (Å²) < 4.78 is 0. The fraction of sp³-hybridized carbons (Fsp3) is 0.400. The number of rotatable bonds is 3. The summed E-state index contributed by atoms with van der Waals surface area (Å²) in [5.74, 6) is 0.217. The molecule has 12 heavy (non-hydrogen) atoms. The number of amides is 1. The van der Waals surface area contributed by atoms with Crippen molar-refractivity contribution in [2.75, 3.05) is 18.9 Å². The van der Waals surface area contributed by atoms with E-state index in [-0.39, 0.29) is 24.9 Å². The summed E-state index contributed by atoms with van der Waals surface area (Å²) in [7, 11) is 1.69. The topological polar surface area (TPSA) is 82.7 Å². The van der Waals surface area contributed by atoms with Gasteiger partial charge in [0.1, 0.15) is 6.33 Å². The second-order valence-electron chi connectivity index (χ2n) is 1.91. The van der Waals surface area contributed by atoms with Crippen LogP contribution in [0.1, 0.15) is 0 Å². The van der Waals surface area contributed by atoms with E-state index in [9.17, 15) is 4.79 Å². The van der Waals surface area contributed by atoms with Gasteiger partial charge in [0.25, 0.3) is 0 Å². The summed E-state index contributed by atoms with van der Waals surface area (Å²) in [5, 5.41) is 11.3. The first kappa shape index (κ1) is 10.9. The van der Waals surface area contributed by atoms with Crippen molar-refractivity contribution in [3.63, 3.8) is 0 Å².